The van der Waals surface area contributed by atoms with Crippen LogP contribution in [0.1, 0.15) is 57.8 Å². The molecule has 0 aromatic carbocycles. The van der Waals surface area contributed by atoms with Crippen molar-refractivity contribution in [2.24, 2.45) is 11.8 Å². The molecule has 3 unspecified atom stereocenters. The lowest BCUT2D eigenvalue weighted by Crippen LogP contribution is -2.47. The maximum absolute atomic E-state index is 11.2. The van der Waals surface area contributed by atoms with Gasteiger partial charge in [0.15, 0.2) is 0 Å². The van der Waals surface area contributed by atoms with Crippen LogP contribution in [0, 0.1) is 11.8 Å². The monoisotopic (exact) mass is 281 g/mol. The SMILES string of the molecule is O=C(O)C1CCCC1CNC1CCOC2(CCCC2)C1. The van der Waals surface area contributed by atoms with E-state index in [4.69, 9.17) is 4.74 Å². The van der Waals surface area contributed by atoms with Gasteiger partial charge in [-0.2, -0.15) is 0 Å². The van der Waals surface area contributed by atoms with Gasteiger partial charge in [0, 0.05) is 12.6 Å². The molecule has 2 N–H and O–H groups in total. The van der Waals surface area contributed by atoms with Gasteiger partial charge >= 0.3 is 5.97 Å². The highest BCUT2D eigenvalue weighted by Gasteiger charge is 2.40. The molecule has 1 heterocycles. The molecule has 0 aromatic rings. The molecule has 1 spiro atoms. The zero-order valence-corrected chi connectivity index (χ0v) is 12.3. The summed E-state index contributed by atoms with van der Waals surface area (Å²) < 4.78 is 6.05. The molecule has 1 aliphatic heterocycles. The summed E-state index contributed by atoms with van der Waals surface area (Å²) in [6, 6.07) is 0.525. The second kappa shape index (κ2) is 6.02. The molecule has 20 heavy (non-hydrogen) atoms. The number of hydrogen-bond donors (Lipinski definition) is 2. The largest absolute Gasteiger partial charge is 0.481 e. The van der Waals surface area contributed by atoms with Crippen LogP contribution in [0.15, 0.2) is 0 Å². The molecule has 1 saturated heterocycles. The Morgan fingerprint density at radius 2 is 2.00 bits per heavy atom. The summed E-state index contributed by atoms with van der Waals surface area (Å²) in [6.45, 7) is 1.74. The number of ether oxygens (including phenoxy) is 1. The van der Waals surface area contributed by atoms with Crippen molar-refractivity contribution < 1.29 is 14.6 Å². The normalized spacial score (nSPS) is 36.5. The molecule has 3 atom stereocenters. The molecular formula is C16H27NO3. The maximum atomic E-state index is 11.2. The second-order valence-electron chi connectivity index (χ2n) is 6.97. The summed E-state index contributed by atoms with van der Waals surface area (Å²) in [5.74, 6) is -0.397. The highest BCUT2D eigenvalue weighted by Crippen LogP contribution is 2.40. The first-order chi connectivity index (χ1) is 9.69. The Hall–Kier alpha value is -0.610. The first kappa shape index (κ1) is 14.3. The molecule has 3 fully saturated rings. The third-order valence-electron chi connectivity index (χ3n) is 5.65. The van der Waals surface area contributed by atoms with Crippen molar-refractivity contribution in [3.63, 3.8) is 0 Å². The fourth-order valence-corrected chi connectivity index (χ4v) is 4.49. The lowest BCUT2D eigenvalue weighted by molar-refractivity contribution is -0.143. The van der Waals surface area contributed by atoms with Gasteiger partial charge in [-0.15, -0.1) is 0 Å². The summed E-state index contributed by atoms with van der Waals surface area (Å²) in [5.41, 5.74) is 0.151. The minimum absolute atomic E-state index is 0.122. The lowest BCUT2D eigenvalue weighted by atomic mass is 9.88. The molecule has 3 aliphatic rings. The van der Waals surface area contributed by atoms with Crippen molar-refractivity contribution in [2.45, 2.75) is 69.4 Å². The van der Waals surface area contributed by atoms with E-state index in [2.05, 4.69) is 5.32 Å². The van der Waals surface area contributed by atoms with Crippen LogP contribution in [0.25, 0.3) is 0 Å². The number of carbonyl (C=O) groups is 1. The van der Waals surface area contributed by atoms with Gasteiger partial charge in [-0.05, 0) is 51.0 Å². The van der Waals surface area contributed by atoms with Crippen LogP contribution in [-0.4, -0.2) is 35.9 Å². The molecule has 0 aromatic heterocycles. The van der Waals surface area contributed by atoms with Crippen LogP contribution >= 0.6 is 0 Å². The van der Waals surface area contributed by atoms with E-state index in [1.807, 2.05) is 0 Å². The van der Waals surface area contributed by atoms with E-state index < -0.39 is 5.97 Å². The van der Waals surface area contributed by atoms with Crippen LogP contribution in [0.3, 0.4) is 0 Å². The molecule has 2 saturated carbocycles. The van der Waals surface area contributed by atoms with Crippen LogP contribution in [0.4, 0.5) is 0 Å². The standard InChI is InChI=1S/C16H27NO3/c18-15(19)14-5-3-4-12(14)11-17-13-6-9-20-16(10-13)7-1-2-8-16/h12-14,17H,1-11H2,(H,18,19). The predicted octanol–water partition coefficient (Wildman–Crippen LogP) is 2.57. The summed E-state index contributed by atoms with van der Waals surface area (Å²) in [4.78, 5) is 11.2. The third-order valence-corrected chi connectivity index (χ3v) is 5.65. The predicted molar refractivity (Wildman–Crippen MR) is 76.6 cm³/mol. The third kappa shape index (κ3) is 3.01. The van der Waals surface area contributed by atoms with Gasteiger partial charge in [0.05, 0.1) is 11.5 Å². The molecule has 0 amide bonds. The van der Waals surface area contributed by atoms with Crippen molar-refractivity contribution in [3.8, 4) is 0 Å². The number of rotatable bonds is 4. The average molecular weight is 281 g/mol. The van der Waals surface area contributed by atoms with Gasteiger partial charge in [-0.3, -0.25) is 4.79 Å². The summed E-state index contributed by atoms with van der Waals surface area (Å²) >= 11 is 0. The van der Waals surface area contributed by atoms with Crippen molar-refractivity contribution in [1.82, 2.24) is 5.32 Å². The Balaban J connectivity index is 1.49. The molecule has 4 heteroatoms. The van der Waals surface area contributed by atoms with E-state index in [1.165, 1.54) is 25.7 Å². The minimum Gasteiger partial charge on any atom is -0.481 e. The smallest absolute Gasteiger partial charge is 0.306 e. The molecule has 4 nitrogen and oxygen atoms in total. The first-order valence-electron chi connectivity index (χ1n) is 8.29. The average Bonchev–Trinajstić information content (AvgIpc) is 3.06. The first-order valence-corrected chi connectivity index (χ1v) is 8.29. The van der Waals surface area contributed by atoms with Crippen LogP contribution in [0.2, 0.25) is 0 Å². The highest BCUT2D eigenvalue weighted by atomic mass is 16.5. The molecule has 0 radical (unpaired) electrons. The van der Waals surface area contributed by atoms with Crippen LogP contribution < -0.4 is 5.32 Å². The Labute approximate surface area is 121 Å². The van der Waals surface area contributed by atoms with E-state index in [0.717, 1.165) is 45.3 Å². The second-order valence-corrected chi connectivity index (χ2v) is 6.97. The van der Waals surface area contributed by atoms with Crippen LogP contribution in [-0.2, 0) is 9.53 Å². The Morgan fingerprint density at radius 1 is 1.20 bits per heavy atom. The van der Waals surface area contributed by atoms with E-state index in [-0.39, 0.29) is 11.5 Å². The number of carboxylic acids is 1. The van der Waals surface area contributed by atoms with Gasteiger partial charge in [-0.1, -0.05) is 19.3 Å². The number of hydrogen-bond acceptors (Lipinski definition) is 3. The zero-order valence-electron chi connectivity index (χ0n) is 12.3. The number of nitrogens with one attached hydrogen (secondary N) is 1. The van der Waals surface area contributed by atoms with Gasteiger partial charge in [-0.25, -0.2) is 0 Å². The number of carboxylic acid groups (broad SMARTS) is 1. The van der Waals surface area contributed by atoms with E-state index in [9.17, 15) is 9.90 Å². The van der Waals surface area contributed by atoms with Gasteiger partial charge in [0.25, 0.3) is 0 Å². The number of aliphatic carboxylic acids is 1. The van der Waals surface area contributed by atoms with Gasteiger partial charge in [0.1, 0.15) is 0 Å². The Kier molecular flexibility index (Phi) is 4.32. The summed E-state index contributed by atoms with van der Waals surface area (Å²) in [6.07, 6.45) is 10.2. The lowest BCUT2D eigenvalue weighted by Gasteiger charge is -2.39. The topological polar surface area (TPSA) is 58.6 Å². The van der Waals surface area contributed by atoms with E-state index in [1.54, 1.807) is 0 Å². The maximum Gasteiger partial charge on any atom is 0.306 e. The van der Waals surface area contributed by atoms with Crippen molar-refractivity contribution >= 4 is 5.97 Å². The fourth-order valence-electron chi connectivity index (χ4n) is 4.49. The molecular weight excluding hydrogens is 254 g/mol. The van der Waals surface area contributed by atoms with E-state index in [0.29, 0.717) is 12.0 Å². The Morgan fingerprint density at radius 3 is 2.75 bits per heavy atom. The highest BCUT2D eigenvalue weighted by molar-refractivity contribution is 5.70. The minimum atomic E-state index is -0.603. The van der Waals surface area contributed by atoms with Crippen molar-refractivity contribution in [3.05, 3.63) is 0 Å². The van der Waals surface area contributed by atoms with E-state index >= 15 is 0 Å². The molecule has 3 rings (SSSR count). The quantitative estimate of drug-likeness (QED) is 0.831. The molecule has 0 bridgehead atoms. The van der Waals surface area contributed by atoms with Crippen LogP contribution in [0.5, 0.6) is 0 Å². The molecule has 114 valence electrons. The summed E-state index contributed by atoms with van der Waals surface area (Å²) in [7, 11) is 0. The zero-order chi connectivity index (χ0) is 14.0. The summed E-state index contributed by atoms with van der Waals surface area (Å²) in [5, 5.41) is 12.9. The van der Waals surface area contributed by atoms with Crippen molar-refractivity contribution in [1.29, 1.82) is 0 Å². The van der Waals surface area contributed by atoms with Gasteiger partial charge in [0.2, 0.25) is 0 Å². The fraction of sp³-hybridized carbons (Fsp3) is 0.938. The Bertz CT molecular complexity index is 352. The molecule has 2 aliphatic carbocycles. The van der Waals surface area contributed by atoms with Gasteiger partial charge < -0.3 is 15.2 Å². The van der Waals surface area contributed by atoms with Crippen molar-refractivity contribution in [2.75, 3.05) is 13.2 Å².